The van der Waals surface area contributed by atoms with E-state index in [1.807, 2.05) is 0 Å². The molecule has 0 heteroatoms. The van der Waals surface area contributed by atoms with Crippen LogP contribution in [-0.4, -0.2) is 0 Å². The van der Waals surface area contributed by atoms with Crippen molar-refractivity contribution in [2.75, 3.05) is 0 Å². The highest BCUT2D eigenvalue weighted by Crippen LogP contribution is 2.64. The second-order valence-electron chi connectivity index (χ2n) is 13.2. The summed E-state index contributed by atoms with van der Waals surface area (Å²) in [4.78, 5) is 0. The van der Waals surface area contributed by atoms with Crippen molar-refractivity contribution in [1.82, 2.24) is 0 Å². The zero-order chi connectivity index (χ0) is 22.6. The van der Waals surface area contributed by atoms with Crippen molar-refractivity contribution in [3.8, 4) is 0 Å². The first-order chi connectivity index (χ1) is 14.5. The van der Waals surface area contributed by atoms with Crippen molar-refractivity contribution < 1.29 is 0 Å². The molecule has 0 saturated heterocycles. The van der Waals surface area contributed by atoms with Gasteiger partial charge in [0.05, 0.1) is 0 Å². The third kappa shape index (κ3) is 3.85. The molecular weight excluding hydrogens is 372 g/mol. The van der Waals surface area contributed by atoms with E-state index < -0.39 is 0 Å². The average Bonchev–Trinajstić information content (AvgIpc) is 3.35. The molecule has 0 bridgehead atoms. The fraction of sp³-hybridized carbons (Fsp3) is 0.742. The minimum atomic E-state index is 0.233. The molecule has 4 aliphatic rings. The maximum atomic E-state index is 2.75. The van der Waals surface area contributed by atoms with E-state index in [9.17, 15) is 0 Å². The molecule has 4 unspecified atom stereocenters. The van der Waals surface area contributed by atoms with Gasteiger partial charge in [0.2, 0.25) is 0 Å². The summed E-state index contributed by atoms with van der Waals surface area (Å²) in [7, 11) is 0. The lowest BCUT2D eigenvalue weighted by Gasteiger charge is -2.49. The van der Waals surface area contributed by atoms with Gasteiger partial charge in [0.1, 0.15) is 0 Å². The molecule has 0 aromatic rings. The summed E-state index contributed by atoms with van der Waals surface area (Å²) < 4.78 is 0. The van der Waals surface area contributed by atoms with Gasteiger partial charge in [-0.1, -0.05) is 105 Å². The zero-order valence-electron chi connectivity index (χ0n) is 21.7. The highest BCUT2D eigenvalue weighted by Gasteiger charge is 2.57. The Morgan fingerprint density at radius 3 is 1.45 bits per heavy atom. The summed E-state index contributed by atoms with van der Waals surface area (Å²) >= 11 is 0. The van der Waals surface area contributed by atoms with Crippen molar-refractivity contribution in [1.29, 1.82) is 0 Å². The van der Waals surface area contributed by atoms with E-state index >= 15 is 0 Å². The van der Waals surface area contributed by atoms with Gasteiger partial charge in [-0.3, -0.25) is 0 Å². The topological polar surface area (TPSA) is 0 Å². The normalized spacial score (nSPS) is 33.9. The maximum Gasteiger partial charge on any atom is -0.00952 e. The minimum Gasteiger partial charge on any atom is -0.0799 e. The molecule has 2 saturated carbocycles. The third-order valence-corrected chi connectivity index (χ3v) is 9.78. The predicted molar refractivity (Wildman–Crippen MR) is 136 cm³/mol. The van der Waals surface area contributed by atoms with Crippen LogP contribution in [0.15, 0.2) is 47.6 Å². The maximum absolute atomic E-state index is 2.75. The first kappa shape index (κ1) is 23.1. The Bertz CT molecular complexity index is 725. The largest absolute Gasteiger partial charge is 0.0799 e. The van der Waals surface area contributed by atoms with E-state index in [1.54, 1.807) is 11.1 Å². The summed E-state index contributed by atoms with van der Waals surface area (Å²) in [6.45, 7) is 19.4. The predicted octanol–water partition coefficient (Wildman–Crippen LogP) is 9.16. The van der Waals surface area contributed by atoms with Crippen LogP contribution in [0.2, 0.25) is 0 Å². The molecule has 0 N–H and O–H groups in total. The van der Waals surface area contributed by atoms with E-state index in [2.05, 4.69) is 91.8 Å². The summed E-state index contributed by atoms with van der Waals surface area (Å²) in [6.07, 6.45) is 24.2. The Morgan fingerprint density at radius 2 is 1.10 bits per heavy atom. The van der Waals surface area contributed by atoms with Crippen LogP contribution in [-0.2, 0) is 0 Å². The van der Waals surface area contributed by atoms with Crippen LogP contribution in [0.1, 0.15) is 93.9 Å². The van der Waals surface area contributed by atoms with Crippen LogP contribution in [0.25, 0.3) is 0 Å². The smallest absolute Gasteiger partial charge is 0.00952 e. The number of hydrogen-bond donors (Lipinski definition) is 0. The molecule has 0 aromatic carbocycles. The summed E-state index contributed by atoms with van der Waals surface area (Å²) in [5.41, 5.74) is 4.07. The minimum absolute atomic E-state index is 0.233. The van der Waals surface area contributed by atoms with Gasteiger partial charge >= 0.3 is 0 Å². The van der Waals surface area contributed by atoms with Crippen molar-refractivity contribution in [2.45, 2.75) is 93.9 Å². The fourth-order valence-electron chi connectivity index (χ4n) is 7.98. The standard InChI is InChI=1S/C31H48/c1-9-31(10-2,21-13-11-12-14-21)28-26-19-22(29(3,4)5)15-17-24(26)25-18-16-23(20-27(25)28)30(6,7)8/h15-21,24-28H,9-14H2,1-8H3. The molecule has 0 aromatic heterocycles. The van der Waals surface area contributed by atoms with Gasteiger partial charge in [0.25, 0.3) is 0 Å². The Morgan fingerprint density at radius 1 is 0.677 bits per heavy atom. The molecule has 0 radical (unpaired) electrons. The van der Waals surface area contributed by atoms with Crippen LogP contribution < -0.4 is 0 Å². The quantitative estimate of drug-likeness (QED) is 0.425. The summed E-state index contributed by atoms with van der Waals surface area (Å²) in [6, 6.07) is 0. The molecule has 0 nitrogen and oxygen atoms in total. The van der Waals surface area contributed by atoms with E-state index in [0.29, 0.717) is 29.1 Å². The first-order valence-corrected chi connectivity index (χ1v) is 13.3. The van der Waals surface area contributed by atoms with Crippen LogP contribution in [0.4, 0.5) is 0 Å². The van der Waals surface area contributed by atoms with Crippen molar-refractivity contribution in [3.05, 3.63) is 47.6 Å². The molecule has 0 amide bonds. The molecule has 0 heterocycles. The number of hydrogen-bond acceptors (Lipinski definition) is 0. The van der Waals surface area contributed by atoms with E-state index in [1.165, 1.54) is 38.5 Å². The third-order valence-electron chi connectivity index (χ3n) is 9.78. The van der Waals surface area contributed by atoms with E-state index in [-0.39, 0.29) is 10.8 Å². The molecule has 0 aliphatic heterocycles. The average molecular weight is 421 g/mol. The molecule has 4 rings (SSSR count). The Kier molecular flexibility index (Phi) is 6.02. The fourth-order valence-corrected chi connectivity index (χ4v) is 7.98. The van der Waals surface area contributed by atoms with Gasteiger partial charge in [-0.2, -0.15) is 0 Å². The molecule has 172 valence electrons. The van der Waals surface area contributed by atoms with E-state index in [0.717, 1.165) is 11.8 Å². The van der Waals surface area contributed by atoms with Crippen molar-refractivity contribution >= 4 is 0 Å². The number of rotatable bonds is 4. The van der Waals surface area contributed by atoms with Crippen molar-refractivity contribution in [2.24, 2.45) is 51.8 Å². The van der Waals surface area contributed by atoms with Gasteiger partial charge in [-0.05, 0) is 88.6 Å². The molecule has 4 aliphatic carbocycles. The molecule has 4 atom stereocenters. The summed E-state index contributed by atoms with van der Waals surface area (Å²) in [5, 5.41) is 0. The SMILES string of the molecule is CCC(CC)(C1CCCC1)C1C2C=C(C(C)(C)C)C=CC2C2C=CC(C(C)(C)C)=CC21. The van der Waals surface area contributed by atoms with Crippen LogP contribution in [0.3, 0.4) is 0 Å². The lowest BCUT2D eigenvalue weighted by molar-refractivity contribution is 0.0250. The Hall–Kier alpha value is -1.04. The highest BCUT2D eigenvalue weighted by molar-refractivity contribution is 5.39. The van der Waals surface area contributed by atoms with Gasteiger partial charge < -0.3 is 0 Å². The monoisotopic (exact) mass is 420 g/mol. The summed E-state index contributed by atoms with van der Waals surface area (Å²) in [5.74, 6) is 4.42. The van der Waals surface area contributed by atoms with Gasteiger partial charge in [0.15, 0.2) is 0 Å². The second kappa shape index (κ2) is 8.07. The number of fused-ring (bicyclic) bond motifs is 3. The molecule has 0 spiro atoms. The van der Waals surface area contributed by atoms with Crippen LogP contribution in [0, 0.1) is 51.8 Å². The molecular formula is C31H48. The Labute approximate surface area is 193 Å². The zero-order valence-corrected chi connectivity index (χ0v) is 21.7. The lowest BCUT2D eigenvalue weighted by atomic mass is 9.56. The van der Waals surface area contributed by atoms with Gasteiger partial charge in [-0.15, -0.1) is 0 Å². The number of allylic oxidation sites excluding steroid dienone is 8. The van der Waals surface area contributed by atoms with Gasteiger partial charge in [-0.25, -0.2) is 0 Å². The highest BCUT2D eigenvalue weighted by atomic mass is 14.6. The van der Waals surface area contributed by atoms with Gasteiger partial charge in [0, 0.05) is 0 Å². The molecule has 2 fully saturated rings. The van der Waals surface area contributed by atoms with Crippen LogP contribution in [0.5, 0.6) is 0 Å². The lowest BCUT2D eigenvalue weighted by Crippen LogP contribution is -2.42. The Balaban J connectivity index is 1.85. The van der Waals surface area contributed by atoms with E-state index in [4.69, 9.17) is 0 Å². The van der Waals surface area contributed by atoms with Crippen LogP contribution >= 0.6 is 0 Å². The first-order valence-electron chi connectivity index (χ1n) is 13.3. The molecule has 31 heavy (non-hydrogen) atoms. The second-order valence-corrected chi connectivity index (χ2v) is 13.2. The van der Waals surface area contributed by atoms with Crippen molar-refractivity contribution in [3.63, 3.8) is 0 Å².